The maximum absolute atomic E-state index is 12.0. The van der Waals surface area contributed by atoms with Crippen LogP contribution in [0.15, 0.2) is 24.3 Å². The third kappa shape index (κ3) is 2.67. The van der Waals surface area contributed by atoms with E-state index in [1.165, 1.54) is 4.90 Å². The van der Waals surface area contributed by atoms with Gasteiger partial charge in [0.15, 0.2) is 5.37 Å². The molecule has 1 aliphatic rings. The molecule has 0 bridgehead atoms. The van der Waals surface area contributed by atoms with Crippen LogP contribution in [0, 0.1) is 6.92 Å². The molecule has 1 saturated heterocycles. The third-order valence-corrected chi connectivity index (χ3v) is 3.70. The van der Waals surface area contributed by atoms with E-state index in [0.29, 0.717) is 6.54 Å². The van der Waals surface area contributed by atoms with Crippen LogP contribution in [-0.4, -0.2) is 28.0 Å². The number of nitrogens with one attached hydrogen (secondary N) is 1. The lowest BCUT2D eigenvalue weighted by molar-refractivity contribution is -0.126. The van der Waals surface area contributed by atoms with E-state index in [9.17, 15) is 9.59 Å². The normalized spacial score (nSPS) is 19.4. The largest absolute Gasteiger partial charge is 0.365 e. The summed E-state index contributed by atoms with van der Waals surface area (Å²) >= 11 is 1.05. The van der Waals surface area contributed by atoms with Crippen LogP contribution in [0.4, 0.5) is 10.5 Å². The predicted molar refractivity (Wildman–Crippen MR) is 73.6 cm³/mol. The van der Waals surface area contributed by atoms with Crippen LogP contribution in [0.2, 0.25) is 0 Å². The number of carbonyl (C=O) groups excluding carboxylic acids is 2. The summed E-state index contributed by atoms with van der Waals surface area (Å²) in [6, 6.07) is 7.77. The molecule has 1 aromatic rings. The summed E-state index contributed by atoms with van der Waals surface area (Å²) in [6.07, 6.45) is 0.787. The lowest BCUT2D eigenvalue weighted by Crippen LogP contribution is -2.34. The van der Waals surface area contributed by atoms with Gasteiger partial charge in [-0.1, -0.05) is 24.6 Å². The lowest BCUT2D eigenvalue weighted by Gasteiger charge is -2.13. The number of amides is 2. The summed E-state index contributed by atoms with van der Waals surface area (Å²) in [5.74, 6) is -0.146. The molecule has 4 nitrogen and oxygen atoms in total. The van der Waals surface area contributed by atoms with Gasteiger partial charge < -0.3 is 5.32 Å². The highest BCUT2D eigenvalue weighted by Crippen LogP contribution is 2.28. The molecule has 1 N–H and O–H groups in total. The van der Waals surface area contributed by atoms with E-state index in [1.54, 1.807) is 0 Å². The van der Waals surface area contributed by atoms with Crippen LogP contribution in [0.3, 0.4) is 0 Å². The Bertz CT molecular complexity index is 459. The highest BCUT2D eigenvalue weighted by molar-refractivity contribution is 8.15. The van der Waals surface area contributed by atoms with E-state index in [2.05, 4.69) is 5.32 Å². The van der Waals surface area contributed by atoms with Crippen LogP contribution in [-0.2, 0) is 4.79 Å². The summed E-state index contributed by atoms with van der Waals surface area (Å²) in [6.45, 7) is 4.45. The van der Waals surface area contributed by atoms with Crippen LogP contribution in [0.25, 0.3) is 0 Å². The maximum atomic E-state index is 12.0. The molecule has 0 aromatic heterocycles. The van der Waals surface area contributed by atoms with E-state index in [0.717, 1.165) is 29.4 Å². The van der Waals surface area contributed by atoms with Gasteiger partial charge in [-0.3, -0.25) is 14.5 Å². The zero-order valence-electron chi connectivity index (χ0n) is 10.5. The fraction of sp³-hybridized carbons (Fsp3) is 0.385. The minimum Gasteiger partial charge on any atom is -0.365 e. The molecule has 1 aliphatic heterocycles. The van der Waals surface area contributed by atoms with Crippen molar-refractivity contribution in [3.63, 3.8) is 0 Å². The molecular weight excluding hydrogens is 248 g/mol. The standard InChI is InChI=1S/C13H16N2O2S/c1-3-8-15-12(16)11(18-13(15)17)14-10-6-4-9(2)5-7-10/h4-7,11,14H,3,8H2,1-2H3/t11-/m0/s1. The van der Waals surface area contributed by atoms with Crippen molar-refractivity contribution in [2.24, 2.45) is 0 Å². The quantitative estimate of drug-likeness (QED) is 0.908. The van der Waals surface area contributed by atoms with Crippen molar-refractivity contribution in [3.8, 4) is 0 Å². The number of hydrogen-bond acceptors (Lipinski definition) is 4. The second-order valence-electron chi connectivity index (χ2n) is 4.26. The molecule has 0 spiro atoms. The fourth-order valence-corrected chi connectivity index (χ4v) is 2.70. The molecule has 0 radical (unpaired) electrons. The molecule has 96 valence electrons. The molecular formula is C13H16N2O2S. The lowest BCUT2D eigenvalue weighted by atomic mass is 10.2. The molecule has 1 heterocycles. The summed E-state index contributed by atoms with van der Waals surface area (Å²) in [7, 11) is 0. The number of nitrogens with zero attached hydrogens (tertiary/aromatic N) is 1. The van der Waals surface area contributed by atoms with Gasteiger partial charge in [-0.2, -0.15) is 0 Å². The van der Waals surface area contributed by atoms with Gasteiger partial charge >= 0.3 is 0 Å². The number of benzene rings is 1. The summed E-state index contributed by atoms with van der Waals surface area (Å²) in [4.78, 5) is 25.0. The topological polar surface area (TPSA) is 49.4 Å². The molecule has 1 atom stereocenters. The second kappa shape index (κ2) is 5.44. The number of aryl methyl sites for hydroxylation is 1. The van der Waals surface area contributed by atoms with Gasteiger partial charge in [0.2, 0.25) is 0 Å². The minimum absolute atomic E-state index is 0.146. The Labute approximate surface area is 111 Å². The third-order valence-electron chi connectivity index (χ3n) is 2.73. The van der Waals surface area contributed by atoms with Gasteiger partial charge in [-0.25, -0.2) is 0 Å². The zero-order chi connectivity index (χ0) is 13.1. The zero-order valence-corrected chi connectivity index (χ0v) is 11.3. The van der Waals surface area contributed by atoms with Gasteiger partial charge in [-0.05, 0) is 37.2 Å². The Kier molecular flexibility index (Phi) is 3.91. The number of thioether (sulfide) groups is 1. The van der Waals surface area contributed by atoms with E-state index in [4.69, 9.17) is 0 Å². The average molecular weight is 264 g/mol. The van der Waals surface area contributed by atoms with Crippen LogP contribution in [0.1, 0.15) is 18.9 Å². The fourth-order valence-electron chi connectivity index (χ4n) is 1.76. The highest BCUT2D eigenvalue weighted by atomic mass is 32.2. The summed E-state index contributed by atoms with van der Waals surface area (Å²) in [5.41, 5.74) is 2.02. The Morgan fingerprint density at radius 1 is 1.28 bits per heavy atom. The predicted octanol–water partition coefficient (Wildman–Crippen LogP) is 2.84. The van der Waals surface area contributed by atoms with Gasteiger partial charge in [0, 0.05) is 12.2 Å². The number of carbonyl (C=O) groups is 2. The van der Waals surface area contributed by atoms with Crippen molar-refractivity contribution in [3.05, 3.63) is 29.8 Å². The van der Waals surface area contributed by atoms with Gasteiger partial charge in [0.25, 0.3) is 11.1 Å². The second-order valence-corrected chi connectivity index (χ2v) is 5.32. The van der Waals surface area contributed by atoms with Crippen molar-refractivity contribution in [2.45, 2.75) is 25.6 Å². The van der Waals surface area contributed by atoms with Crippen LogP contribution < -0.4 is 5.32 Å². The molecule has 0 saturated carbocycles. The van der Waals surface area contributed by atoms with Gasteiger partial charge in [0.1, 0.15) is 0 Å². The highest BCUT2D eigenvalue weighted by Gasteiger charge is 2.38. The van der Waals surface area contributed by atoms with Crippen molar-refractivity contribution in [1.82, 2.24) is 4.90 Å². The summed E-state index contributed by atoms with van der Waals surface area (Å²) < 4.78 is 0. The number of hydrogen-bond donors (Lipinski definition) is 1. The first kappa shape index (κ1) is 13.0. The minimum atomic E-state index is -0.494. The Balaban J connectivity index is 2.05. The average Bonchev–Trinajstić information content (AvgIpc) is 2.60. The van der Waals surface area contributed by atoms with E-state index in [1.807, 2.05) is 38.1 Å². The maximum Gasteiger partial charge on any atom is 0.290 e. The molecule has 2 amide bonds. The van der Waals surface area contributed by atoms with Crippen molar-refractivity contribution in [1.29, 1.82) is 0 Å². The Morgan fingerprint density at radius 2 is 1.94 bits per heavy atom. The number of anilines is 1. The Morgan fingerprint density at radius 3 is 2.56 bits per heavy atom. The SMILES string of the molecule is CCCN1C(=O)S[C@H](Nc2ccc(C)cc2)C1=O. The van der Waals surface area contributed by atoms with Gasteiger partial charge in [0.05, 0.1) is 0 Å². The molecule has 2 rings (SSSR count). The van der Waals surface area contributed by atoms with E-state index < -0.39 is 5.37 Å². The molecule has 1 fully saturated rings. The summed E-state index contributed by atoms with van der Waals surface area (Å²) in [5, 5.41) is 2.43. The first-order valence-electron chi connectivity index (χ1n) is 5.97. The molecule has 18 heavy (non-hydrogen) atoms. The first-order chi connectivity index (χ1) is 8.61. The van der Waals surface area contributed by atoms with Crippen LogP contribution >= 0.6 is 11.8 Å². The first-order valence-corrected chi connectivity index (χ1v) is 6.85. The van der Waals surface area contributed by atoms with Crippen molar-refractivity contribution < 1.29 is 9.59 Å². The monoisotopic (exact) mass is 264 g/mol. The number of rotatable bonds is 4. The van der Waals surface area contributed by atoms with Crippen molar-refractivity contribution in [2.75, 3.05) is 11.9 Å². The van der Waals surface area contributed by atoms with E-state index in [-0.39, 0.29) is 11.1 Å². The molecule has 0 unspecified atom stereocenters. The smallest absolute Gasteiger partial charge is 0.290 e. The number of imide groups is 1. The Hall–Kier alpha value is -1.49. The van der Waals surface area contributed by atoms with E-state index >= 15 is 0 Å². The molecule has 1 aromatic carbocycles. The van der Waals surface area contributed by atoms with Gasteiger partial charge in [-0.15, -0.1) is 0 Å². The van der Waals surface area contributed by atoms with Crippen molar-refractivity contribution >= 4 is 28.6 Å². The molecule has 5 heteroatoms. The van der Waals surface area contributed by atoms with Crippen LogP contribution in [0.5, 0.6) is 0 Å². The molecule has 0 aliphatic carbocycles.